The zero-order valence-electron chi connectivity index (χ0n) is 20.2. The van der Waals surface area contributed by atoms with Gasteiger partial charge in [0.2, 0.25) is 0 Å². The fourth-order valence-corrected chi connectivity index (χ4v) is 5.46. The van der Waals surface area contributed by atoms with Crippen molar-refractivity contribution in [2.45, 2.75) is 37.5 Å². The molecule has 198 valence electrons. The van der Waals surface area contributed by atoms with Crippen molar-refractivity contribution in [1.29, 1.82) is 0 Å². The first kappa shape index (κ1) is 28.3. The molecule has 8 heteroatoms. The first-order valence-electron chi connectivity index (χ1n) is 12.1. The highest BCUT2D eigenvalue weighted by Crippen LogP contribution is 2.39. The van der Waals surface area contributed by atoms with Crippen molar-refractivity contribution < 1.29 is 20.4 Å². The van der Waals surface area contributed by atoms with Crippen molar-refractivity contribution in [3.63, 3.8) is 0 Å². The molecule has 0 atom stereocenters. The lowest BCUT2D eigenvalue weighted by Gasteiger charge is -2.22. The maximum atomic E-state index is 9.91. The lowest BCUT2D eigenvalue weighted by molar-refractivity contribution is 0.473. The van der Waals surface area contributed by atoms with E-state index in [1.54, 1.807) is 48.5 Å². The zero-order chi connectivity index (χ0) is 27.4. The van der Waals surface area contributed by atoms with Crippen LogP contribution in [0, 0.1) is 0 Å². The largest absolute Gasteiger partial charge is 0.506 e. The molecule has 0 spiro atoms. The van der Waals surface area contributed by atoms with Crippen molar-refractivity contribution >= 4 is 46.4 Å². The summed E-state index contributed by atoms with van der Waals surface area (Å²) < 4.78 is 0. The summed E-state index contributed by atoms with van der Waals surface area (Å²) in [5, 5.41) is 40.7. The van der Waals surface area contributed by atoms with Crippen LogP contribution >= 0.6 is 46.4 Å². The van der Waals surface area contributed by atoms with E-state index in [1.165, 1.54) is 0 Å². The van der Waals surface area contributed by atoms with Gasteiger partial charge in [0.1, 0.15) is 23.0 Å². The number of hydrogen-bond donors (Lipinski definition) is 4. The third-order valence-electron chi connectivity index (χ3n) is 6.73. The van der Waals surface area contributed by atoms with Gasteiger partial charge in [-0.3, -0.25) is 0 Å². The Morgan fingerprint density at radius 1 is 0.421 bits per heavy atom. The predicted molar refractivity (Wildman–Crippen MR) is 155 cm³/mol. The smallest absolute Gasteiger partial charge is 0.134 e. The van der Waals surface area contributed by atoms with Gasteiger partial charge in [-0.05, 0) is 83.6 Å². The predicted octanol–water partition coefficient (Wildman–Crippen LogP) is 9.65. The molecule has 4 aromatic rings. The average Bonchev–Trinajstić information content (AvgIpc) is 2.89. The minimum atomic E-state index is -0.0594. The van der Waals surface area contributed by atoms with Crippen LogP contribution in [0.15, 0.2) is 72.8 Å². The van der Waals surface area contributed by atoms with E-state index in [1.807, 2.05) is 24.3 Å². The normalized spacial score (nSPS) is 11.4. The van der Waals surface area contributed by atoms with Crippen LogP contribution in [0.5, 0.6) is 23.0 Å². The Labute approximate surface area is 241 Å². The van der Waals surface area contributed by atoms with E-state index in [2.05, 4.69) is 0 Å². The highest BCUT2D eigenvalue weighted by Gasteiger charge is 2.20. The molecule has 0 aromatic heterocycles. The Morgan fingerprint density at radius 2 is 0.658 bits per heavy atom. The van der Waals surface area contributed by atoms with Gasteiger partial charge in [0, 0.05) is 11.8 Å². The zero-order valence-corrected chi connectivity index (χ0v) is 23.2. The summed E-state index contributed by atoms with van der Waals surface area (Å²) in [4.78, 5) is 0. The molecule has 4 nitrogen and oxygen atoms in total. The topological polar surface area (TPSA) is 80.9 Å². The van der Waals surface area contributed by atoms with Crippen molar-refractivity contribution in [1.82, 2.24) is 0 Å². The molecule has 0 amide bonds. The SMILES string of the molecule is Oc1ccc(C(CCCCC(c2ccc(O)c(Cl)c2)c2ccc(O)c(Cl)c2)c2ccc(O)c(Cl)c2)cc1Cl. The van der Waals surface area contributed by atoms with Gasteiger partial charge in [-0.1, -0.05) is 83.5 Å². The number of unbranched alkanes of at least 4 members (excludes halogenated alkanes) is 1. The maximum absolute atomic E-state index is 9.91. The molecule has 0 aliphatic carbocycles. The van der Waals surface area contributed by atoms with E-state index in [9.17, 15) is 20.4 Å². The lowest BCUT2D eigenvalue weighted by Crippen LogP contribution is -2.04. The molecule has 4 rings (SSSR count). The minimum Gasteiger partial charge on any atom is -0.506 e. The molecule has 0 heterocycles. The third-order valence-corrected chi connectivity index (χ3v) is 7.94. The van der Waals surface area contributed by atoms with Crippen LogP contribution < -0.4 is 0 Å². The number of aromatic hydroxyl groups is 4. The molecule has 38 heavy (non-hydrogen) atoms. The van der Waals surface area contributed by atoms with Crippen LogP contribution in [-0.4, -0.2) is 20.4 Å². The molecule has 0 fully saturated rings. The minimum absolute atomic E-state index is 0.0147. The average molecular weight is 592 g/mol. The van der Waals surface area contributed by atoms with Crippen LogP contribution in [0.2, 0.25) is 20.1 Å². The Kier molecular flexibility index (Phi) is 9.22. The highest BCUT2D eigenvalue weighted by molar-refractivity contribution is 6.33. The highest BCUT2D eigenvalue weighted by atomic mass is 35.5. The number of halogens is 4. The Balaban J connectivity index is 1.56. The van der Waals surface area contributed by atoms with Gasteiger partial charge >= 0.3 is 0 Å². The first-order valence-corrected chi connectivity index (χ1v) is 13.6. The van der Waals surface area contributed by atoms with E-state index in [0.29, 0.717) is 0 Å². The summed E-state index contributed by atoms with van der Waals surface area (Å²) in [6, 6.07) is 20.7. The molecular formula is C30H26Cl4O4. The van der Waals surface area contributed by atoms with Crippen LogP contribution in [0.1, 0.15) is 59.8 Å². The monoisotopic (exact) mass is 590 g/mol. The van der Waals surface area contributed by atoms with Gasteiger partial charge in [-0.15, -0.1) is 0 Å². The van der Waals surface area contributed by atoms with Crippen molar-refractivity contribution in [2.24, 2.45) is 0 Å². The molecule has 0 saturated heterocycles. The molecule has 0 aliphatic heterocycles. The molecule has 0 radical (unpaired) electrons. The second-order valence-electron chi connectivity index (χ2n) is 9.23. The number of rotatable bonds is 9. The molecule has 0 saturated carbocycles. The maximum Gasteiger partial charge on any atom is 0.134 e. The summed E-state index contributed by atoms with van der Waals surface area (Å²) >= 11 is 24.9. The summed E-state index contributed by atoms with van der Waals surface area (Å²) in [6.07, 6.45) is 3.22. The first-order chi connectivity index (χ1) is 18.1. The van der Waals surface area contributed by atoms with Crippen LogP contribution in [0.4, 0.5) is 0 Å². The van der Waals surface area contributed by atoms with E-state index in [4.69, 9.17) is 46.4 Å². The van der Waals surface area contributed by atoms with E-state index < -0.39 is 0 Å². The Bertz CT molecular complexity index is 1230. The fourth-order valence-electron chi connectivity index (χ4n) is 4.71. The molecule has 4 N–H and O–H groups in total. The molecule has 0 unspecified atom stereocenters. The quantitative estimate of drug-likeness (QED) is 0.146. The van der Waals surface area contributed by atoms with Crippen molar-refractivity contribution in [3.8, 4) is 23.0 Å². The van der Waals surface area contributed by atoms with Crippen LogP contribution in [0.3, 0.4) is 0 Å². The molecule has 0 aliphatic rings. The van der Waals surface area contributed by atoms with Crippen LogP contribution in [0.25, 0.3) is 0 Å². The van der Waals surface area contributed by atoms with E-state index in [-0.39, 0.29) is 54.9 Å². The van der Waals surface area contributed by atoms with Gasteiger partial charge in [0.25, 0.3) is 0 Å². The number of phenols is 4. The second kappa shape index (κ2) is 12.4. The molecular weight excluding hydrogens is 566 g/mol. The number of hydrogen-bond acceptors (Lipinski definition) is 4. The van der Waals surface area contributed by atoms with Crippen molar-refractivity contribution in [3.05, 3.63) is 115 Å². The lowest BCUT2D eigenvalue weighted by atomic mass is 9.84. The Morgan fingerprint density at radius 3 is 0.868 bits per heavy atom. The van der Waals surface area contributed by atoms with Gasteiger partial charge in [0.05, 0.1) is 20.1 Å². The summed E-state index contributed by atoms with van der Waals surface area (Å²) in [5.74, 6) is -0.0600. The number of phenolic OH excluding ortho intramolecular Hbond substituents is 4. The van der Waals surface area contributed by atoms with Crippen molar-refractivity contribution in [2.75, 3.05) is 0 Å². The van der Waals surface area contributed by atoms with Gasteiger partial charge in [0.15, 0.2) is 0 Å². The van der Waals surface area contributed by atoms with E-state index in [0.717, 1.165) is 47.9 Å². The summed E-state index contributed by atoms with van der Waals surface area (Å²) in [6.45, 7) is 0. The van der Waals surface area contributed by atoms with Gasteiger partial charge in [-0.2, -0.15) is 0 Å². The summed E-state index contributed by atoms with van der Waals surface area (Å²) in [5.41, 5.74) is 3.73. The molecule has 0 bridgehead atoms. The summed E-state index contributed by atoms with van der Waals surface area (Å²) in [7, 11) is 0. The van der Waals surface area contributed by atoms with Gasteiger partial charge in [-0.25, -0.2) is 0 Å². The van der Waals surface area contributed by atoms with E-state index >= 15 is 0 Å². The number of benzene rings is 4. The molecule has 4 aromatic carbocycles. The second-order valence-corrected chi connectivity index (χ2v) is 10.9. The third kappa shape index (κ3) is 6.62. The van der Waals surface area contributed by atoms with Crippen LogP contribution in [-0.2, 0) is 0 Å². The van der Waals surface area contributed by atoms with Gasteiger partial charge < -0.3 is 20.4 Å². The standard InChI is InChI=1S/C30H26Cl4O4/c31-23-13-17(5-9-27(23)35)21(18-6-10-28(36)24(32)14-18)3-1-2-4-22(19-7-11-29(37)25(33)15-19)20-8-12-30(38)26(34)16-20/h5-16,21-22,35-38H,1-4H2. The Hall–Kier alpha value is -2.76. The fraction of sp³-hybridized carbons (Fsp3) is 0.200.